The molecule has 0 heterocycles. The monoisotopic (exact) mass is 526 g/mol. The van der Waals surface area contributed by atoms with E-state index in [0.29, 0.717) is 0 Å². The molecular formula is C24H34N2O9S. The second-order valence-electron chi connectivity index (χ2n) is 8.17. The van der Waals surface area contributed by atoms with E-state index in [4.69, 9.17) is 24.8 Å². The van der Waals surface area contributed by atoms with Gasteiger partial charge in [-0.25, -0.2) is 18.0 Å². The highest BCUT2D eigenvalue weighted by atomic mass is 32.2. The largest absolute Gasteiger partial charge is 0.463 e. The molecule has 1 fully saturated rings. The van der Waals surface area contributed by atoms with Crippen LogP contribution in [0.3, 0.4) is 0 Å². The Bertz CT molecular complexity index is 1060. The number of amidine groups is 1. The van der Waals surface area contributed by atoms with Crippen molar-refractivity contribution in [2.45, 2.75) is 62.2 Å². The van der Waals surface area contributed by atoms with E-state index in [2.05, 4.69) is 5.16 Å². The maximum atomic E-state index is 13.1. The molecule has 0 saturated heterocycles. The van der Waals surface area contributed by atoms with Crippen molar-refractivity contribution in [3.8, 4) is 0 Å². The first-order valence-electron chi connectivity index (χ1n) is 11.7. The first-order valence-corrected chi connectivity index (χ1v) is 13.3. The van der Waals surface area contributed by atoms with Crippen molar-refractivity contribution in [2.24, 2.45) is 10.9 Å². The predicted octanol–water partition coefficient (Wildman–Crippen LogP) is 1.76. The summed E-state index contributed by atoms with van der Waals surface area (Å²) in [5.41, 5.74) is 5.92. The number of carbonyl (C=O) groups excluding carboxylic acids is 2. The van der Waals surface area contributed by atoms with Crippen molar-refractivity contribution in [1.82, 2.24) is 0 Å². The van der Waals surface area contributed by atoms with E-state index in [1.54, 1.807) is 38.1 Å². The Morgan fingerprint density at radius 2 is 1.75 bits per heavy atom. The molecule has 1 aliphatic carbocycles. The quantitative estimate of drug-likeness (QED) is 0.102. The van der Waals surface area contributed by atoms with Gasteiger partial charge in [-0.1, -0.05) is 22.9 Å². The van der Waals surface area contributed by atoms with Crippen LogP contribution in [0.1, 0.15) is 45.1 Å². The first-order chi connectivity index (χ1) is 17.1. The lowest BCUT2D eigenvalue weighted by molar-refractivity contribution is -0.144. The molecule has 36 heavy (non-hydrogen) atoms. The van der Waals surface area contributed by atoms with Gasteiger partial charge in [0.15, 0.2) is 15.7 Å². The van der Waals surface area contributed by atoms with Gasteiger partial charge in [0.05, 0.1) is 42.6 Å². The molecule has 0 radical (unpaired) electrons. The summed E-state index contributed by atoms with van der Waals surface area (Å²) in [6.45, 7) is 4.81. The van der Waals surface area contributed by atoms with Gasteiger partial charge >= 0.3 is 11.9 Å². The molecule has 2 rings (SSSR count). The van der Waals surface area contributed by atoms with Crippen LogP contribution in [0.2, 0.25) is 0 Å². The van der Waals surface area contributed by atoms with E-state index in [0.717, 1.165) is 11.6 Å². The molecule has 0 atom stereocenters. The van der Waals surface area contributed by atoms with Crippen LogP contribution >= 0.6 is 0 Å². The number of hydrogen-bond donors (Lipinski definition) is 2. The van der Waals surface area contributed by atoms with Gasteiger partial charge in [0, 0.05) is 0 Å². The van der Waals surface area contributed by atoms with Crippen LogP contribution in [0.5, 0.6) is 0 Å². The van der Waals surface area contributed by atoms with Crippen molar-refractivity contribution < 1.29 is 42.2 Å². The highest BCUT2D eigenvalue weighted by Crippen LogP contribution is 2.37. The van der Waals surface area contributed by atoms with Crippen LogP contribution in [0, 0.1) is 6.92 Å². The number of sulfone groups is 1. The summed E-state index contributed by atoms with van der Waals surface area (Å²) in [5.74, 6) is -2.48. The smallest absolute Gasteiger partial charge is 0.377 e. The van der Waals surface area contributed by atoms with E-state index in [9.17, 15) is 23.1 Å². The average Bonchev–Trinajstić information content (AvgIpc) is 2.85. The number of aryl methyl sites for hydroxylation is 1. The number of esters is 2. The van der Waals surface area contributed by atoms with Gasteiger partial charge < -0.3 is 29.9 Å². The minimum absolute atomic E-state index is 0.0297. The topological polar surface area (TPSA) is 164 Å². The Hall–Kier alpha value is -2.96. The number of hydrogen-bond acceptors (Lipinski definition) is 10. The highest BCUT2D eigenvalue weighted by Gasteiger charge is 2.44. The first kappa shape index (κ1) is 29.3. The van der Waals surface area contributed by atoms with Crippen molar-refractivity contribution in [3.63, 3.8) is 0 Å². The van der Waals surface area contributed by atoms with Crippen LogP contribution in [0.15, 0.2) is 46.2 Å². The van der Waals surface area contributed by atoms with Crippen molar-refractivity contribution >= 4 is 27.6 Å². The number of nitrogens with two attached hydrogens (primary N) is 1. The molecule has 0 aromatic heterocycles. The number of aliphatic hydroxyl groups excluding tert-OH is 1. The molecular weight excluding hydrogens is 492 g/mol. The summed E-state index contributed by atoms with van der Waals surface area (Å²) >= 11 is 0. The number of rotatable bonds is 12. The van der Waals surface area contributed by atoms with Crippen molar-refractivity contribution in [3.05, 3.63) is 41.7 Å². The van der Waals surface area contributed by atoms with E-state index in [1.165, 1.54) is 0 Å². The number of nitrogens with zero attached hydrogens (tertiary/aromatic N) is 1. The molecule has 1 aliphatic rings. The summed E-state index contributed by atoms with van der Waals surface area (Å²) < 4.78 is 41.7. The number of aliphatic hydroxyl groups is 1. The highest BCUT2D eigenvalue weighted by molar-refractivity contribution is 7.92. The van der Waals surface area contributed by atoms with Crippen LogP contribution in [0.25, 0.3) is 0 Å². The second kappa shape index (κ2) is 13.4. The van der Waals surface area contributed by atoms with Gasteiger partial charge in [-0.2, -0.15) is 0 Å². The summed E-state index contributed by atoms with van der Waals surface area (Å²) in [6.07, 6.45) is 1.60. The molecule has 3 N–H and O–H groups in total. The Morgan fingerprint density at radius 1 is 1.14 bits per heavy atom. The minimum atomic E-state index is -3.58. The Kier molecular flexibility index (Phi) is 10.9. The average molecular weight is 527 g/mol. The van der Waals surface area contributed by atoms with Gasteiger partial charge in [-0.15, -0.1) is 0 Å². The fourth-order valence-electron chi connectivity index (χ4n) is 3.80. The number of oxime groups is 1. The van der Waals surface area contributed by atoms with Crippen molar-refractivity contribution in [1.29, 1.82) is 0 Å². The third kappa shape index (κ3) is 7.52. The Balaban J connectivity index is 2.24. The van der Waals surface area contributed by atoms with E-state index in [-0.39, 0.29) is 62.8 Å². The lowest BCUT2D eigenvalue weighted by atomic mass is 9.83. The lowest BCUT2D eigenvalue weighted by Crippen LogP contribution is -2.51. The van der Waals surface area contributed by atoms with Crippen molar-refractivity contribution in [2.75, 3.05) is 26.4 Å². The zero-order valence-corrected chi connectivity index (χ0v) is 21.6. The Labute approximate surface area is 211 Å². The van der Waals surface area contributed by atoms with Gasteiger partial charge in [0.1, 0.15) is 5.60 Å². The number of ether oxygens (including phenoxy) is 3. The standard InChI is InChI=1S/C24H34N2O9S/c1-4-32-21(28)16-20(22(29)33-5-2)35-26-23(25)24(34-15-14-27)12-10-19(11-13-24)36(30,31)18-8-6-17(3)7-9-18/h6-9,16,19,27H,4-5,10-15H2,1-3H3,(H2,25,26). The molecule has 200 valence electrons. The summed E-state index contributed by atoms with van der Waals surface area (Å²) in [4.78, 5) is 29.4. The maximum absolute atomic E-state index is 13.1. The molecule has 0 unspecified atom stereocenters. The SMILES string of the molecule is CCOC(=O)C=C(ON=C(N)C1(OCCO)CCC(S(=O)(=O)c2ccc(C)cc2)CC1)C(=O)OCC. The van der Waals surface area contributed by atoms with E-state index in [1.807, 2.05) is 6.92 Å². The third-order valence-corrected chi connectivity index (χ3v) is 8.00. The molecule has 0 spiro atoms. The van der Waals surface area contributed by atoms with E-state index >= 15 is 0 Å². The third-order valence-electron chi connectivity index (χ3n) is 5.72. The van der Waals surface area contributed by atoms with Gasteiger partial charge in [0.2, 0.25) is 5.76 Å². The van der Waals surface area contributed by atoms with E-state index < -0.39 is 38.4 Å². The zero-order valence-electron chi connectivity index (χ0n) is 20.8. The molecule has 12 heteroatoms. The molecule has 0 amide bonds. The van der Waals surface area contributed by atoms with Crippen LogP contribution in [-0.2, 0) is 38.5 Å². The molecule has 0 bridgehead atoms. The Morgan fingerprint density at radius 3 is 2.31 bits per heavy atom. The van der Waals surface area contributed by atoms with Crippen LogP contribution in [-0.4, -0.2) is 68.6 Å². The molecule has 1 saturated carbocycles. The normalized spacial score (nSPS) is 21.1. The predicted molar refractivity (Wildman–Crippen MR) is 130 cm³/mol. The van der Waals surface area contributed by atoms with Gasteiger partial charge in [-0.3, -0.25) is 0 Å². The second-order valence-corrected chi connectivity index (χ2v) is 10.4. The minimum Gasteiger partial charge on any atom is -0.463 e. The summed E-state index contributed by atoms with van der Waals surface area (Å²) in [7, 11) is -3.58. The fraction of sp³-hybridized carbons (Fsp3) is 0.542. The summed E-state index contributed by atoms with van der Waals surface area (Å²) in [6, 6.07) is 6.67. The molecule has 1 aromatic rings. The summed E-state index contributed by atoms with van der Waals surface area (Å²) in [5, 5.41) is 12.4. The van der Waals surface area contributed by atoms with Crippen LogP contribution < -0.4 is 5.73 Å². The number of carbonyl (C=O) groups is 2. The van der Waals surface area contributed by atoms with Gasteiger partial charge in [-0.05, 0) is 58.6 Å². The number of benzene rings is 1. The molecule has 0 aliphatic heterocycles. The maximum Gasteiger partial charge on any atom is 0.377 e. The lowest BCUT2D eigenvalue weighted by Gasteiger charge is -2.38. The fourth-order valence-corrected chi connectivity index (χ4v) is 5.56. The molecule has 1 aromatic carbocycles. The van der Waals surface area contributed by atoms with Gasteiger partial charge in [0.25, 0.3) is 0 Å². The zero-order chi connectivity index (χ0) is 26.8. The molecule has 11 nitrogen and oxygen atoms in total. The van der Waals surface area contributed by atoms with Crippen LogP contribution in [0.4, 0.5) is 0 Å².